The molecule has 0 saturated heterocycles. The van der Waals surface area contributed by atoms with Crippen molar-refractivity contribution in [2.45, 2.75) is 20.0 Å². The Morgan fingerprint density at radius 3 is 2.37 bits per heavy atom. The molecule has 1 aromatic rings. The summed E-state index contributed by atoms with van der Waals surface area (Å²) in [6, 6.07) is 2.44. The summed E-state index contributed by atoms with van der Waals surface area (Å²) >= 11 is 0. The van der Waals surface area contributed by atoms with Gasteiger partial charge < -0.3 is 10.4 Å². The molecule has 0 aliphatic carbocycles. The summed E-state index contributed by atoms with van der Waals surface area (Å²) in [6.07, 6.45) is -4.79. The van der Waals surface area contributed by atoms with E-state index in [2.05, 4.69) is 5.32 Å². The molecule has 0 unspecified atom stereocenters. The molecule has 0 saturated carbocycles. The summed E-state index contributed by atoms with van der Waals surface area (Å²) in [7, 11) is 0. The minimum atomic E-state index is -4.79. The maximum atomic E-state index is 13.0. The van der Waals surface area contributed by atoms with Crippen LogP contribution in [0.1, 0.15) is 19.4 Å². The first kappa shape index (κ1) is 15.3. The van der Waals surface area contributed by atoms with Crippen LogP contribution in [-0.2, 0) is 11.0 Å². The molecule has 1 rings (SSSR count). The van der Waals surface area contributed by atoms with Gasteiger partial charge in [-0.05, 0) is 32.0 Å². The van der Waals surface area contributed by atoms with Gasteiger partial charge in [-0.3, -0.25) is 4.79 Å². The topological polar surface area (TPSA) is 49.3 Å². The minimum Gasteiger partial charge on any atom is -0.481 e. The van der Waals surface area contributed by atoms with E-state index in [0.717, 1.165) is 6.07 Å². The smallest absolute Gasteiger partial charge is 0.419 e. The number of alkyl halides is 3. The number of benzene rings is 1. The van der Waals surface area contributed by atoms with Gasteiger partial charge in [-0.1, -0.05) is 0 Å². The maximum Gasteiger partial charge on any atom is 0.419 e. The Morgan fingerprint density at radius 1 is 1.32 bits per heavy atom. The van der Waals surface area contributed by atoms with E-state index in [4.69, 9.17) is 5.11 Å². The minimum absolute atomic E-state index is 0.0167. The summed E-state index contributed by atoms with van der Waals surface area (Å²) in [5.74, 6) is -2.45. The maximum absolute atomic E-state index is 13.0. The average Bonchev–Trinajstić information content (AvgIpc) is 2.26. The molecule has 0 aliphatic rings. The van der Waals surface area contributed by atoms with Crippen LogP contribution in [0.2, 0.25) is 0 Å². The molecule has 0 heterocycles. The third kappa shape index (κ3) is 3.84. The summed E-state index contributed by atoms with van der Waals surface area (Å²) < 4.78 is 50.4. The number of anilines is 1. The van der Waals surface area contributed by atoms with Crippen LogP contribution in [-0.4, -0.2) is 17.6 Å². The summed E-state index contributed by atoms with van der Waals surface area (Å²) in [5.41, 5.74) is -2.51. The van der Waals surface area contributed by atoms with Gasteiger partial charge in [-0.25, -0.2) is 4.39 Å². The Hall–Kier alpha value is -1.79. The van der Waals surface area contributed by atoms with Gasteiger partial charge in [-0.15, -0.1) is 0 Å². The Balaban J connectivity index is 2.90. The summed E-state index contributed by atoms with van der Waals surface area (Å²) in [6.45, 7) is 2.78. The molecule has 0 aliphatic heterocycles. The number of carbonyl (C=O) groups is 1. The Bertz CT molecular complexity index is 483. The van der Waals surface area contributed by atoms with E-state index in [-0.39, 0.29) is 12.2 Å². The third-order valence-corrected chi connectivity index (χ3v) is 2.59. The number of carboxylic acid groups (broad SMARTS) is 1. The lowest BCUT2D eigenvalue weighted by Crippen LogP contribution is -2.31. The third-order valence-electron chi connectivity index (χ3n) is 2.59. The summed E-state index contributed by atoms with van der Waals surface area (Å²) in [5, 5.41) is 11.4. The predicted molar refractivity (Wildman–Crippen MR) is 61.3 cm³/mol. The van der Waals surface area contributed by atoms with Crippen LogP contribution in [0, 0.1) is 11.2 Å². The van der Waals surface area contributed by atoms with Crippen molar-refractivity contribution in [2.24, 2.45) is 5.41 Å². The Kier molecular flexibility index (Phi) is 4.07. The Labute approximate surface area is 107 Å². The monoisotopic (exact) mass is 279 g/mol. The number of aliphatic carboxylic acids is 1. The van der Waals surface area contributed by atoms with Crippen LogP contribution in [0.25, 0.3) is 0 Å². The fourth-order valence-electron chi connectivity index (χ4n) is 1.25. The zero-order valence-corrected chi connectivity index (χ0v) is 10.3. The van der Waals surface area contributed by atoms with Crippen molar-refractivity contribution in [1.29, 1.82) is 0 Å². The van der Waals surface area contributed by atoms with E-state index >= 15 is 0 Å². The van der Waals surface area contributed by atoms with Crippen LogP contribution >= 0.6 is 0 Å². The van der Waals surface area contributed by atoms with Crippen molar-refractivity contribution < 1.29 is 27.5 Å². The molecule has 0 amide bonds. The second kappa shape index (κ2) is 5.07. The zero-order chi connectivity index (χ0) is 14.8. The van der Waals surface area contributed by atoms with Gasteiger partial charge in [-0.2, -0.15) is 13.2 Å². The van der Waals surface area contributed by atoms with Crippen LogP contribution in [0.4, 0.5) is 23.2 Å². The van der Waals surface area contributed by atoms with Gasteiger partial charge in [0, 0.05) is 12.2 Å². The van der Waals surface area contributed by atoms with E-state index in [1.54, 1.807) is 0 Å². The molecular weight excluding hydrogens is 266 g/mol. The number of halogens is 4. The lowest BCUT2D eigenvalue weighted by atomic mass is 9.94. The molecule has 0 fully saturated rings. The second-order valence-electron chi connectivity index (χ2n) is 4.73. The highest BCUT2D eigenvalue weighted by molar-refractivity contribution is 5.74. The predicted octanol–water partition coefficient (Wildman–Crippen LogP) is 3.37. The molecule has 0 spiro atoms. The molecule has 0 aromatic heterocycles. The van der Waals surface area contributed by atoms with E-state index in [1.807, 2.05) is 0 Å². The first-order valence-corrected chi connectivity index (χ1v) is 5.38. The van der Waals surface area contributed by atoms with Crippen LogP contribution in [0.15, 0.2) is 18.2 Å². The van der Waals surface area contributed by atoms with Gasteiger partial charge in [0.25, 0.3) is 0 Å². The SMILES string of the molecule is CC(C)(CNc1ccc(F)c(C(F)(F)F)c1)C(=O)O. The quantitative estimate of drug-likeness (QED) is 0.831. The molecular formula is C12H13F4NO2. The van der Waals surface area contributed by atoms with Crippen molar-refractivity contribution in [2.75, 3.05) is 11.9 Å². The lowest BCUT2D eigenvalue weighted by Gasteiger charge is -2.20. The van der Waals surface area contributed by atoms with Crippen molar-refractivity contribution in [3.05, 3.63) is 29.6 Å². The van der Waals surface area contributed by atoms with Gasteiger partial charge in [0.05, 0.1) is 11.0 Å². The van der Waals surface area contributed by atoms with Crippen molar-refractivity contribution >= 4 is 11.7 Å². The van der Waals surface area contributed by atoms with E-state index in [0.29, 0.717) is 12.1 Å². The van der Waals surface area contributed by atoms with Gasteiger partial charge in [0.15, 0.2) is 0 Å². The second-order valence-corrected chi connectivity index (χ2v) is 4.73. The summed E-state index contributed by atoms with van der Waals surface area (Å²) in [4.78, 5) is 10.8. The van der Waals surface area contributed by atoms with Gasteiger partial charge >= 0.3 is 12.1 Å². The number of hydrogen-bond donors (Lipinski definition) is 2. The first-order valence-electron chi connectivity index (χ1n) is 5.38. The van der Waals surface area contributed by atoms with Crippen LogP contribution < -0.4 is 5.32 Å². The standard InChI is InChI=1S/C12H13F4NO2/c1-11(2,10(18)19)6-17-7-3-4-9(13)8(5-7)12(14,15)16/h3-5,17H,6H2,1-2H3,(H,18,19). The Morgan fingerprint density at radius 2 is 1.89 bits per heavy atom. The van der Waals surface area contributed by atoms with Crippen molar-refractivity contribution in [1.82, 2.24) is 0 Å². The molecule has 0 bridgehead atoms. The highest BCUT2D eigenvalue weighted by Gasteiger charge is 2.34. The molecule has 3 nitrogen and oxygen atoms in total. The van der Waals surface area contributed by atoms with Gasteiger partial charge in [0.2, 0.25) is 0 Å². The first-order chi connectivity index (χ1) is 8.54. The fraction of sp³-hybridized carbons (Fsp3) is 0.417. The van der Waals surface area contributed by atoms with Crippen molar-refractivity contribution in [3.8, 4) is 0 Å². The molecule has 19 heavy (non-hydrogen) atoms. The van der Waals surface area contributed by atoms with E-state index in [9.17, 15) is 22.4 Å². The normalized spacial score (nSPS) is 12.3. The lowest BCUT2D eigenvalue weighted by molar-refractivity contribution is -0.146. The molecule has 7 heteroatoms. The van der Waals surface area contributed by atoms with Gasteiger partial charge in [0.1, 0.15) is 5.82 Å². The zero-order valence-electron chi connectivity index (χ0n) is 10.3. The molecule has 0 radical (unpaired) electrons. The molecule has 1 aromatic carbocycles. The molecule has 106 valence electrons. The van der Waals surface area contributed by atoms with Crippen molar-refractivity contribution in [3.63, 3.8) is 0 Å². The highest BCUT2D eigenvalue weighted by Crippen LogP contribution is 2.33. The van der Waals surface area contributed by atoms with E-state index < -0.39 is 28.9 Å². The number of hydrogen-bond acceptors (Lipinski definition) is 2. The van der Waals surface area contributed by atoms with Crippen LogP contribution in [0.3, 0.4) is 0 Å². The highest BCUT2D eigenvalue weighted by atomic mass is 19.4. The van der Waals surface area contributed by atoms with Crippen LogP contribution in [0.5, 0.6) is 0 Å². The average molecular weight is 279 g/mol. The number of rotatable bonds is 4. The molecule has 2 N–H and O–H groups in total. The largest absolute Gasteiger partial charge is 0.481 e. The number of nitrogens with one attached hydrogen (secondary N) is 1. The fourth-order valence-corrected chi connectivity index (χ4v) is 1.25. The number of carboxylic acids is 1. The van der Waals surface area contributed by atoms with E-state index in [1.165, 1.54) is 13.8 Å². The molecule has 0 atom stereocenters.